The van der Waals surface area contributed by atoms with Gasteiger partial charge in [-0.1, -0.05) is 90.1 Å². The first kappa shape index (κ1) is 32.4. The number of hydrogen-bond donors (Lipinski definition) is 2. The van der Waals surface area contributed by atoms with Crippen LogP contribution in [0.2, 0.25) is 0 Å². The van der Waals surface area contributed by atoms with Crippen LogP contribution in [0.4, 0.5) is 0 Å². The smallest absolute Gasteiger partial charge is 0.338 e. The van der Waals surface area contributed by atoms with E-state index < -0.39 is 0 Å². The molecule has 3 aromatic rings. The zero-order valence-corrected chi connectivity index (χ0v) is 25.7. The van der Waals surface area contributed by atoms with Gasteiger partial charge in [0.15, 0.2) is 0 Å². The van der Waals surface area contributed by atoms with Crippen LogP contribution in [0.15, 0.2) is 60.7 Å². The molecule has 0 aliphatic carbocycles. The lowest BCUT2D eigenvalue weighted by Gasteiger charge is -2.28. The number of esters is 1. The van der Waals surface area contributed by atoms with Crippen LogP contribution in [0.25, 0.3) is 0 Å². The van der Waals surface area contributed by atoms with Crippen molar-refractivity contribution >= 4 is 5.97 Å². The van der Waals surface area contributed by atoms with Crippen molar-refractivity contribution in [1.29, 1.82) is 0 Å². The van der Waals surface area contributed by atoms with Crippen molar-refractivity contribution in [3.8, 4) is 5.75 Å². The minimum atomic E-state index is -0.333. The Labute approximate surface area is 241 Å². The van der Waals surface area contributed by atoms with Crippen molar-refractivity contribution in [2.24, 2.45) is 0 Å². The first-order chi connectivity index (χ1) is 17.8. The highest BCUT2D eigenvalue weighted by atomic mass is 35.5. The number of rotatable bonds is 9. The molecule has 3 aromatic carbocycles. The highest BCUT2D eigenvalue weighted by Gasteiger charge is 2.28. The second-order valence-electron chi connectivity index (χ2n) is 12.6. The normalized spacial score (nSPS) is 11.8. The molecule has 0 saturated heterocycles. The number of benzene rings is 3. The molecule has 212 valence electrons. The van der Waals surface area contributed by atoms with E-state index in [0.29, 0.717) is 12.2 Å². The van der Waals surface area contributed by atoms with Gasteiger partial charge in [0, 0.05) is 28.7 Å². The summed E-state index contributed by atoms with van der Waals surface area (Å²) in [5.74, 6) is -0.0615. The van der Waals surface area contributed by atoms with Crippen LogP contribution in [0.5, 0.6) is 5.75 Å². The maximum Gasteiger partial charge on any atom is 0.338 e. The Bertz CT molecular complexity index is 1170. The molecule has 5 heteroatoms. The van der Waals surface area contributed by atoms with Gasteiger partial charge in [-0.25, -0.2) is 4.79 Å². The number of hydrogen-bond acceptors (Lipinski definition) is 3. The van der Waals surface area contributed by atoms with Crippen molar-refractivity contribution in [2.75, 3.05) is 13.2 Å². The number of carbonyl (C=O) groups excluding carboxylic acids is 1. The van der Waals surface area contributed by atoms with Gasteiger partial charge in [-0.2, -0.15) is 0 Å². The summed E-state index contributed by atoms with van der Waals surface area (Å²) in [6.07, 6.45) is 0.773. The van der Waals surface area contributed by atoms with E-state index in [9.17, 15) is 9.90 Å². The van der Waals surface area contributed by atoms with E-state index in [0.717, 1.165) is 37.2 Å². The van der Waals surface area contributed by atoms with E-state index >= 15 is 0 Å². The fourth-order valence-electron chi connectivity index (χ4n) is 4.86. The van der Waals surface area contributed by atoms with Crippen molar-refractivity contribution < 1.29 is 31.9 Å². The van der Waals surface area contributed by atoms with E-state index in [4.69, 9.17) is 4.74 Å². The lowest BCUT2D eigenvalue weighted by molar-refractivity contribution is -0.927. The number of ether oxygens (including phenoxy) is 1. The molecule has 0 fully saturated rings. The molecular weight excluding hydrogens is 506 g/mol. The van der Waals surface area contributed by atoms with Crippen LogP contribution in [0.3, 0.4) is 0 Å². The molecule has 0 aromatic heterocycles. The SMILES string of the molecule is Cc1ccccc1C[NH+](CCCOC(=O)c1cc(C(C)(C)C)c(O)c(C(C)(C)C)c1)Cc1ccccc1C.[Cl-]. The molecule has 0 radical (unpaired) electrons. The lowest BCUT2D eigenvalue weighted by atomic mass is 9.78. The van der Waals surface area contributed by atoms with Gasteiger partial charge in [0.25, 0.3) is 0 Å². The summed E-state index contributed by atoms with van der Waals surface area (Å²) in [7, 11) is 0. The summed E-state index contributed by atoms with van der Waals surface area (Å²) in [6.45, 7) is 19.7. The Morgan fingerprint density at radius 1 is 0.795 bits per heavy atom. The minimum Gasteiger partial charge on any atom is -1.00 e. The summed E-state index contributed by atoms with van der Waals surface area (Å²) in [6, 6.07) is 20.7. The van der Waals surface area contributed by atoms with Crippen molar-refractivity contribution in [1.82, 2.24) is 0 Å². The minimum absolute atomic E-state index is 0. The third-order valence-electron chi connectivity index (χ3n) is 7.27. The molecule has 0 atom stereocenters. The van der Waals surface area contributed by atoms with Gasteiger partial charge in [-0.3, -0.25) is 0 Å². The predicted molar refractivity (Wildman–Crippen MR) is 156 cm³/mol. The van der Waals surface area contributed by atoms with Crippen LogP contribution in [-0.2, 0) is 28.7 Å². The second kappa shape index (κ2) is 13.5. The Morgan fingerprint density at radius 2 is 1.23 bits per heavy atom. The Kier molecular flexibility index (Phi) is 11.2. The van der Waals surface area contributed by atoms with E-state index in [1.54, 1.807) is 12.1 Å². The van der Waals surface area contributed by atoms with Gasteiger partial charge < -0.3 is 27.2 Å². The molecule has 0 bridgehead atoms. The standard InChI is InChI=1S/C34H45NO3.ClH/c1-24-14-9-11-16-26(24)22-35(23-27-17-12-10-15-25(27)2)18-13-19-38-32(37)28-20-29(33(3,4)5)31(36)30(21-28)34(6,7)8;/h9-12,14-17,20-21,36H,13,18-19,22-23H2,1-8H3;1H. The molecule has 3 rings (SSSR count). The number of phenolic OH excluding ortho intramolecular Hbond substituents is 1. The predicted octanol–water partition coefficient (Wildman–Crippen LogP) is 3.44. The number of carbonyl (C=O) groups is 1. The van der Waals surface area contributed by atoms with Gasteiger partial charge in [0.05, 0.1) is 18.7 Å². The van der Waals surface area contributed by atoms with Gasteiger partial charge in [0.1, 0.15) is 18.8 Å². The number of aryl methyl sites for hydroxylation is 2. The van der Waals surface area contributed by atoms with E-state index in [-0.39, 0.29) is 35.0 Å². The average Bonchev–Trinajstić information content (AvgIpc) is 2.83. The molecule has 0 amide bonds. The second-order valence-corrected chi connectivity index (χ2v) is 12.6. The van der Waals surface area contributed by atoms with E-state index in [1.807, 2.05) is 41.5 Å². The van der Waals surface area contributed by atoms with Crippen LogP contribution in [-0.4, -0.2) is 24.2 Å². The molecule has 0 aliphatic heterocycles. The largest absolute Gasteiger partial charge is 1.00 e. The fourth-order valence-corrected chi connectivity index (χ4v) is 4.86. The Morgan fingerprint density at radius 3 is 1.64 bits per heavy atom. The number of quaternary nitrogens is 1. The maximum absolute atomic E-state index is 13.1. The lowest BCUT2D eigenvalue weighted by Crippen LogP contribution is -3.09. The monoisotopic (exact) mass is 551 g/mol. The fraction of sp³-hybridized carbons (Fsp3) is 0.441. The summed E-state index contributed by atoms with van der Waals surface area (Å²) in [5, 5.41) is 11.0. The summed E-state index contributed by atoms with van der Waals surface area (Å²) in [5.41, 5.74) is 6.75. The van der Waals surface area contributed by atoms with Crippen molar-refractivity contribution in [3.05, 3.63) is 99.6 Å². The number of halogens is 1. The highest BCUT2D eigenvalue weighted by Crippen LogP contribution is 2.39. The first-order valence-electron chi connectivity index (χ1n) is 13.7. The zero-order chi connectivity index (χ0) is 28.1. The van der Waals surface area contributed by atoms with Crippen LogP contribution < -0.4 is 17.3 Å². The summed E-state index contributed by atoms with van der Waals surface area (Å²) >= 11 is 0. The third-order valence-corrected chi connectivity index (χ3v) is 7.27. The molecule has 0 spiro atoms. The zero-order valence-electron chi connectivity index (χ0n) is 25.0. The molecule has 0 unspecified atom stereocenters. The van der Waals surface area contributed by atoms with Crippen LogP contribution in [0, 0.1) is 13.8 Å². The van der Waals surface area contributed by atoms with Crippen molar-refractivity contribution in [2.45, 2.75) is 85.7 Å². The third kappa shape index (κ3) is 8.84. The molecule has 0 saturated carbocycles. The first-order valence-corrected chi connectivity index (χ1v) is 13.7. The van der Waals surface area contributed by atoms with Crippen molar-refractivity contribution in [3.63, 3.8) is 0 Å². The van der Waals surface area contributed by atoms with Gasteiger partial charge in [0.2, 0.25) is 0 Å². The quantitative estimate of drug-likeness (QED) is 0.316. The number of phenols is 1. The molecule has 0 heterocycles. The Balaban J connectivity index is 0.00000533. The van der Waals surface area contributed by atoms with Crippen LogP contribution in [0.1, 0.15) is 91.7 Å². The number of nitrogens with one attached hydrogen (secondary N) is 1. The summed E-state index contributed by atoms with van der Waals surface area (Å²) in [4.78, 5) is 14.6. The van der Waals surface area contributed by atoms with Gasteiger partial charge >= 0.3 is 5.97 Å². The molecule has 4 nitrogen and oxygen atoms in total. The molecule has 2 N–H and O–H groups in total. The van der Waals surface area contributed by atoms with E-state index in [2.05, 4.69) is 62.4 Å². The summed E-state index contributed by atoms with van der Waals surface area (Å²) < 4.78 is 5.77. The highest BCUT2D eigenvalue weighted by molar-refractivity contribution is 5.90. The molecule has 39 heavy (non-hydrogen) atoms. The number of aromatic hydroxyl groups is 1. The van der Waals surface area contributed by atoms with Gasteiger partial charge in [-0.05, 0) is 47.9 Å². The van der Waals surface area contributed by atoms with E-state index in [1.165, 1.54) is 27.2 Å². The van der Waals surface area contributed by atoms with Gasteiger partial charge in [-0.15, -0.1) is 0 Å². The topological polar surface area (TPSA) is 51.0 Å². The van der Waals surface area contributed by atoms with Crippen LogP contribution >= 0.6 is 0 Å². The Hall–Kier alpha value is -2.82. The average molecular weight is 552 g/mol. The molecule has 0 aliphatic rings. The maximum atomic E-state index is 13.1. The molecular formula is C34H46ClNO3.